The average Bonchev–Trinajstić information content (AvgIpc) is 3.16. The molecule has 0 saturated carbocycles. The van der Waals surface area contributed by atoms with Crippen molar-refractivity contribution in [1.29, 1.82) is 0 Å². The lowest BCUT2D eigenvalue weighted by Gasteiger charge is -2.19. The predicted octanol–water partition coefficient (Wildman–Crippen LogP) is 5.51. The van der Waals surface area contributed by atoms with Crippen molar-refractivity contribution in [3.05, 3.63) is 52.5 Å². The first-order chi connectivity index (χ1) is 16.7. The highest BCUT2D eigenvalue weighted by molar-refractivity contribution is 6.32. The Morgan fingerprint density at radius 3 is 2.42 bits per heavy atom. The Kier molecular flexibility index (Phi) is 8.37. The zero-order valence-electron chi connectivity index (χ0n) is 20.2. The molecule has 3 rings (SSSR count). The van der Waals surface area contributed by atoms with Crippen molar-refractivity contribution in [3.8, 4) is 11.5 Å². The molecule has 196 valence electrons. The van der Waals surface area contributed by atoms with E-state index < -0.39 is 41.2 Å². The van der Waals surface area contributed by atoms with Crippen molar-refractivity contribution >= 4 is 29.3 Å². The number of amides is 2. The first-order valence-corrected chi connectivity index (χ1v) is 11.4. The van der Waals surface area contributed by atoms with Crippen LogP contribution in [-0.2, 0) is 11.0 Å². The lowest BCUT2D eigenvalue weighted by atomic mass is 10.1. The molecule has 1 aliphatic rings. The number of ether oxygens (including phenoxy) is 2. The number of carbonyl (C=O) groups excluding carboxylic acids is 2. The Balaban J connectivity index is 1.73. The van der Waals surface area contributed by atoms with Crippen molar-refractivity contribution in [2.45, 2.75) is 45.1 Å². The van der Waals surface area contributed by atoms with Crippen molar-refractivity contribution in [2.75, 3.05) is 25.5 Å². The molecule has 0 aromatic heterocycles. The summed E-state index contributed by atoms with van der Waals surface area (Å²) in [6, 6.07) is 7.02. The van der Waals surface area contributed by atoms with E-state index in [9.17, 15) is 22.8 Å². The van der Waals surface area contributed by atoms with E-state index in [0.717, 1.165) is 18.2 Å². The number of alkyl halides is 3. The highest BCUT2D eigenvalue weighted by Gasteiger charge is 2.36. The van der Waals surface area contributed by atoms with Crippen LogP contribution in [0.4, 0.5) is 23.7 Å². The van der Waals surface area contributed by atoms with Crippen LogP contribution in [0.15, 0.2) is 36.4 Å². The van der Waals surface area contributed by atoms with Crippen LogP contribution in [0, 0.1) is 0 Å². The topological polar surface area (TPSA) is 89.1 Å². The lowest BCUT2D eigenvalue weighted by molar-refractivity contribution is -0.139. The molecule has 0 bridgehead atoms. The average molecular weight is 530 g/mol. The normalized spacial score (nSPS) is 16.5. The number of hydrogen-bond donors (Lipinski definition) is 2. The Hall–Kier alpha value is -3.02. The van der Waals surface area contributed by atoms with Crippen LogP contribution in [0.2, 0.25) is 5.02 Å². The van der Waals surface area contributed by atoms with Crippen LogP contribution < -0.4 is 20.3 Å². The van der Waals surface area contributed by atoms with E-state index in [1.165, 1.54) is 18.2 Å². The van der Waals surface area contributed by atoms with Crippen LogP contribution in [0.25, 0.3) is 0 Å². The Bertz CT molecular complexity index is 1120. The van der Waals surface area contributed by atoms with Gasteiger partial charge >= 0.3 is 12.3 Å². The monoisotopic (exact) mass is 529 g/mol. The van der Waals surface area contributed by atoms with Crippen LogP contribution >= 0.6 is 11.6 Å². The molecule has 2 N–H and O–H groups in total. The summed E-state index contributed by atoms with van der Waals surface area (Å²) in [4.78, 5) is 31.9. The smallest absolute Gasteiger partial charge is 0.419 e. The first-order valence-electron chi connectivity index (χ1n) is 11.0. The number of likely N-dealkylation sites (N-methyl/N-ethyl adjacent to an activating group) is 1. The van der Waals surface area contributed by atoms with Crippen molar-refractivity contribution in [3.63, 3.8) is 0 Å². The molecule has 36 heavy (non-hydrogen) atoms. The Morgan fingerprint density at radius 2 is 1.81 bits per heavy atom. The van der Waals surface area contributed by atoms with E-state index in [2.05, 4.69) is 10.8 Å². The van der Waals surface area contributed by atoms with Crippen molar-refractivity contribution in [2.24, 2.45) is 0 Å². The molecule has 1 atom stereocenters. The van der Waals surface area contributed by atoms with Gasteiger partial charge in [0.2, 0.25) is 0 Å². The molecule has 1 heterocycles. The molecule has 2 aromatic rings. The fourth-order valence-electron chi connectivity index (χ4n) is 3.33. The number of nitrogens with zero attached hydrogens (tertiary/aromatic N) is 1. The van der Waals surface area contributed by atoms with E-state index >= 15 is 0 Å². The maximum Gasteiger partial charge on any atom is 0.419 e. The van der Waals surface area contributed by atoms with E-state index in [4.69, 9.17) is 25.9 Å². The van der Waals surface area contributed by atoms with Gasteiger partial charge in [0.15, 0.2) is 5.75 Å². The molecule has 2 amide bonds. The minimum absolute atomic E-state index is 0.0259. The second-order valence-electron chi connectivity index (χ2n) is 9.30. The third-order valence-electron chi connectivity index (χ3n) is 5.02. The molecule has 12 heteroatoms. The van der Waals surface area contributed by atoms with Gasteiger partial charge < -0.3 is 14.4 Å². The number of hydroxylamine groups is 1. The summed E-state index contributed by atoms with van der Waals surface area (Å²) in [6.07, 6.45) is -5.49. The minimum Gasteiger partial charge on any atom is -0.488 e. The largest absolute Gasteiger partial charge is 0.488 e. The number of likely N-dealkylation sites (tertiary alicyclic amines) is 1. The zero-order chi connectivity index (χ0) is 26.7. The summed E-state index contributed by atoms with van der Waals surface area (Å²) in [5.41, 5.74) is 0.848. The van der Waals surface area contributed by atoms with Gasteiger partial charge in [-0.15, -0.1) is 0 Å². The molecule has 1 fully saturated rings. The summed E-state index contributed by atoms with van der Waals surface area (Å²) in [5, 5.41) is 2.40. The van der Waals surface area contributed by atoms with E-state index in [1.807, 2.05) is 11.9 Å². The summed E-state index contributed by atoms with van der Waals surface area (Å²) >= 11 is 6.08. The van der Waals surface area contributed by atoms with Gasteiger partial charge in [0.1, 0.15) is 11.9 Å². The summed E-state index contributed by atoms with van der Waals surface area (Å²) in [7, 11) is 1.85. The molecule has 2 aromatic carbocycles. The maximum absolute atomic E-state index is 13.5. The minimum atomic E-state index is -4.63. The van der Waals surface area contributed by atoms with Crippen molar-refractivity contribution < 1.29 is 37.1 Å². The highest BCUT2D eigenvalue weighted by Crippen LogP contribution is 2.39. The summed E-state index contributed by atoms with van der Waals surface area (Å²) < 4.78 is 51.3. The molecular weight excluding hydrogens is 503 g/mol. The number of rotatable bonds is 6. The van der Waals surface area contributed by atoms with Crippen molar-refractivity contribution in [1.82, 2.24) is 10.4 Å². The molecule has 0 radical (unpaired) electrons. The van der Waals surface area contributed by atoms with Crippen LogP contribution in [0.3, 0.4) is 0 Å². The van der Waals surface area contributed by atoms with E-state index in [1.54, 1.807) is 20.8 Å². The molecule has 1 aliphatic heterocycles. The van der Waals surface area contributed by atoms with Gasteiger partial charge in [-0.2, -0.15) is 13.2 Å². The summed E-state index contributed by atoms with van der Waals surface area (Å²) in [5.74, 6) is -1.11. The Labute approximate surface area is 211 Å². The zero-order valence-corrected chi connectivity index (χ0v) is 20.9. The number of carbonyl (C=O) groups is 2. The SMILES string of the molecule is CN1CCC(Oc2cc(NC(=O)Oc3cc(C(=O)NOC(C)(C)C)ccc3Cl)ccc2C(F)(F)F)C1. The second-order valence-corrected chi connectivity index (χ2v) is 9.71. The quantitative estimate of drug-likeness (QED) is 0.480. The van der Waals surface area contributed by atoms with Gasteiger partial charge in [0.25, 0.3) is 5.91 Å². The molecule has 1 saturated heterocycles. The first kappa shape index (κ1) is 27.6. The number of nitrogens with one attached hydrogen (secondary N) is 2. The molecular formula is C24H27ClF3N3O5. The predicted molar refractivity (Wildman–Crippen MR) is 127 cm³/mol. The lowest BCUT2D eigenvalue weighted by Crippen LogP contribution is -2.33. The highest BCUT2D eigenvalue weighted by atomic mass is 35.5. The standard InChI is InChI=1S/C24H27ClF3N3O5/c1-23(2,3)36-30-21(32)14-5-8-18(25)20(11-14)35-22(33)29-15-6-7-17(24(26,27)28)19(12-15)34-16-9-10-31(4)13-16/h5-8,11-12,16H,9-10,13H2,1-4H3,(H,29,33)(H,30,32). The molecule has 1 unspecified atom stereocenters. The third kappa shape index (κ3) is 7.74. The van der Waals surface area contributed by atoms with Gasteiger partial charge in [-0.25, -0.2) is 10.3 Å². The van der Waals surface area contributed by atoms with E-state index in [-0.39, 0.29) is 22.0 Å². The van der Waals surface area contributed by atoms with Gasteiger partial charge in [0, 0.05) is 30.4 Å². The second kappa shape index (κ2) is 10.9. The fraction of sp³-hybridized carbons (Fsp3) is 0.417. The maximum atomic E-state index is 13.5. The number of halogens is 4. The van der Waals surface area contributed by atoms with Gasteiger partial charge in [-0.05, 0) is 64.6 Å². The van der Waals surface area contributed by atoms with Crippen LogP contribution in [0.1, 0.15) is 43.1 Å². The van der Waals surface area contributed by atoms with Gasteiger partial charge in [-0.1, -0.05) is 11.6 Å². The third-order valence-corrected chi connectivity index (χ3v) is 5.33. The number of benzene rings is 2. The van der Waals surface area contributed by atoms with Gasteiger partial charge in [0.05, 0.1) is 16.2 Å². The van der Waals surface area contributed by atoms with E-state index in [0.29, 0.717) is 19.5 Å². The molecule has 0 spiro atoms. The molecule has 0 aliphatic carbocycles. The number of anilines is 1. The fourth-order valence-corrected chi connectivity index (χ4v) is 3.48. The summed E-state index contributed by atoms with van der Waals surface area (Å²) in [6.45, 7) is 6.43. The van der Waals surface area contributed by atoms with Crippen LogP contribution in [-0.4, -0.2) is 48.7 Å². The Morgan fingerprint density at radius 1 is 1.08 bits per heavy atom. The van der Waals surface area contributed by atoms with Crippen LogP contribution in [0.5, 0.6) is 11.5 Å². The van der Waals surface area contributed by atoms with Gasteiger partial charge in [-0.3, -0.25) is 14.9 Å². The molecule has 8 nitrogen and oxygen atoms in total. The number of hydrogen-bond acceptors (Lipinski definition) is 6.